The minimum atomic E-state index is 0.241. The molecule has 0 fully saturated rings. The second-order valence-electron chi connectivity index (χ2n) is 3.21. The van der Waals surface area contributed by atoms with Gasteiger partial charge in [0.2, 0.25) is 0 Å². The SMILES string of the molecule is Cc1noc(COc2ccc(CN)nc2)n1. The zero-order chi connectivity index (χ0) is 11.4. The van der Waals surface area contributed by atoms with Gasteiger partial charge in [0, 0.05) is 6.54 Å². The van der Waals surface area contributed by atoms with Crippen LogP contribution in [-0.2, 0) is 13.2 Å². The number of hydrogen-bond acceptors (Lipinski definition) is 6. The van der Waals surface area contributed by atoms with Gasteiger partial charge in [-0.1, -0.05) is 5.16 Å². The summed E-state index contributed by atoms with van der Waals surface area (Å²) in [6, 6.07) is 3.62. The number of hydrogen-bond donors (Lipinski definition) is 1. The number of aryl methyl sites for hydroxylation is 1. The van der Waals surface area contributed by atoms with Crippen molar-refractivity contribution in [1.29, 1.82) is 0 Å². The van der Waals surface area contributed by atoms with Crippen molar-refractivity contribution >= 4 is 0 Å². The lowest BCUT2D eigenvalue weighted by Crippen LogP contribution is -2.00. The Morgan fingerprint density at radius 1 is 1.44 bits per heavy atom. The normalized spacial score (nSPS) is 10.4. The lowest BCUT2D eigenvalue weighted by molar-refractivity contribution is 0.242. The fourth-order valence-corrected chi connectivity index (χ4v) is 1.16. The Hall–Kier alpha value is -1.95. The first-order chi connectivity index (χ1) is 7.78. The van der Waals surface area contributed by atoms with E-state index in [1.165, 1.54) is 0 Å². The molecule has 0 atom stereocenters. The van der Waals surface area contributed by atoms with Crippen LogP contribution in [0.25, 0.3) is 0 Å². The Balaban J connectivity index is 1.94. The predicted molar refractivity (Wildman–Crippen MR) is 55.5 cm³/mol. The second-order valence-corrected chi connectivity index (χ2v) is 3.21. The van der Waals surface area contributed by atoms with Crippen molar-refractivity contribution in [3.8, 4) is 5.75 Å². The van der Waals surface area contributed by atoms with E-state index in [0.29, 0.717) is 24.0 Å². The molecule has 2 rings (SSSR count). The molecule has 2 heterocycles. The average molecular weight is 220 g/mol. The molecule has 0 aliphatic rings. The van der Waals surface area contributed by atoms with Crippen LogP contribution in [0.15, 0.2) is 22.9 Å². The molecule has 2 N–H and O–H groups in total. The van der Waals surface area contributed by atoms with Crippen LogP contribution in [0, 0.1) is 6.92 Å². The zero-order valence-electron chi connectivity index (χ0n) is 8.88. The summed E-state index contributed by atoms with van der Waals surface area (Å²) in [6.45, 7) is 2.41. The van der Waals surface area contributed by atoms with Crippen molar-refractivity contribution < 1.29 is 9.26 Å². The van der Waals surface area contributed by atoms with Gasteiger partial charge in [0.05, 0.1) is 11.9 Å². The molecule has 0 unspecified atom stereocenters. The predicted octanol–water partition coefficient (Wildman–Crippen LogP) is 0.811. The van der Waals surface area contributed by atoms with Crippen LogP contribution in [0.5, 0.6) is 5.75 Å². The summed E-state index contributed by atoms with van der Waals surface area (Å²) in [7, 11) is 0. The van der Waals surface area contributed by atoms with Gasteiger partial charge in [-0.05, 0) is 19.1 Å². The molecule has 2 aromatic heterocycles. The molecule has 0 amide bonds. The molecule has 0 saturated heterocycles. The molecule has 0 radical (unpaired) electrons. The smallest absolute Gasteiger partial charge is 0.264 e. The van der Waals surface area contributed by atoms with Crippen molar-refractivity contribution in [1.82, 2.24) is 15.1 Å². The minimum absolute atomic E-state index is 0.241. The maximum atomic E-state index is 5.43. The lowest BCUT2D eigenvalue weighted by Gasteiger charge is -2.02. The maximum Gasteiger partial charge on any atom is 0.264 e. The fraction of sp³-hybridized carbons (Fsp3) is 0.300. The molecule has 0 saturated carbocycles. The topological polar surface area (TPSA) is 87.1 Å². The summed E-state index contributed by atoms with van der Waals surface area (Å²) in [6.07, 6.45) is 1.62. The number of ether oxygens (including phenoxy) is 1. The van der Waals surface area contributed by atoms with Gasteiger partial charge in [-0.2, -0.15) is 4.98 Å². The van der Waals surface area contributed by atoms with Gasteiger partial charge in [0.15, 0.2) is 12.4 Å². The third kappa shape index (κ3) is 2.54. The van der Waals surface area contributed by atoms with Gasteiger partial charge in [-0.25, -0.2) is 0 Å². The highest BCUT2D eigenvalue weighted by Gasteiger charge is 2.03. The Morgan fingerprint density at radius 3 is 2.88 bits per heavy atom. The summed E-state index contributed by atoms with van der Waals surface area (Å²) in [5.74, 6) is 1.68. The highest BCUT2D eigenvalue weighted by atomic mass is 16.5. The number of pyridine rings is 1. The molecule has 2 aromatic rings. The van der Waals surface area contributed by atoms with Crippen molar-refractivity contribution in [2.75, 3.05) is 0 Å². The number of rotatable bonds is 4. The van der Waals surface area contributed by atoms with Crippen molar-refractivity contribution in [2.24, 2.45) is 5.73 Å². The average Bonchev–Trinajstić information content (AvgIpc) is 2.73. The van der Waals surface area contributed by atoms with Crippen LogP contribution in [0.4, 0.5) is 0 Å². The molecule has 16 heavy (non-hydrogen) atoms. The van der Waals surface area contributed by atoms with E-state index in [1.54, 1.807) is 19.2 Å². The minimum Gasteiger partial charge on any atom is -0.482 e. The standard InChI is InChI=1S/C10H12N4O2/c1-7-13-10(16-14-7)6-15-9-3-2-8(4-11)12-5-9/h2-3,5H,4,6,11H2,1H3. The van der Waals surface area contributed by atoms with E-state index < -0.39 is 0 Å². The van der Waals surface area contributed by atoms with Gasteiger partial charge in [-0.3, -0.25) is 4.98 Å². The highest BCUT2D eigenvalue weighted by Crippen LogP contribution is 2.10. The third-order valence-corrected chi connectivity index (χ3v) is 1.94. The van der Waals surface area contributed by atoms with Crippen LogP contribution >= 0.6 is 0 Å². The first-order valence-corrected chi connectivity index (χ1v) is 4.85. The summed E-state index contributed by atoms with van der Waals surface area (Å²) in [5.41, 5.74) is 6.25. The number of nitrogens with two attached hydrogens (primary N) is 1. The van der Waals surface area contributed by atoms with E-state index in [0.717, 1.165) is 5.69 Å². The first-order valence-electron chi connectivity index (χ1n) is 4.85. The molecular weight excluding hydrogens is 208 g/mol. The van der Waals surface area contributed by atoms with Crippen molar-refractivity contribution in [3.63, 3.8) is 0 Å². The second kappa shape index (κ2) is 4.71. The van der Waals surface area contributed by atoms with E-state index in [-0.39, 0.29) is 6.61 Å². The molecule has 84 valence electrons. The fourth-order valence-electron chi connectivity index (χ4n) is 1.16. The van der Waals surface area contributed by atoms with E-state index in [4.69, 9.17) is 15.0 Å². The van der Waals surface area contributed by atoms with Crippen LogP contribution in [0.2, 0.25) is 0 Å². The maximum absolute atomic E-state index is 5.43. The molecule has 0 spiro atoms. The molecule has 0 aliphatic carbocycles. The number of nitrogens with zero attached hydrogens (tertiary/aromatic N) is 3. The van der Waals surface area contributed by atoms with E-state index in [2.05, 4.69) is 15.1 Å². The van der Waals surface area contributed by atoms with E-state index >= 15 is 0 Å². The quantitative estimate of drug-likeness (QED) is 0.820. The van der Waals surface area contributed by atoms with Gasteiger partial charge in [0.1, 0.15) is 5.75 Å². The van der Waals surface area contributed by atoms with Gasteiger partial charge in [0.25, 0.3) is 5.89 Å². The lowest BCUT2D eigenvalue weighted by atomic mass is 10.3. The van der Waals surface area contributed by atoms with Crippen LogP contribution in [0.3, 0.4) is 0 Å². The third-order valence-electron chi connectivity index (χ3n) is 1.94. The largest absolute Gasteiger partial charge is 0.482 e. The summed E-state index contributed by atoms with van der Waals surface area (Å²) in [4.78, 5) is 8.11. The molecule has 0 aliphatic heterocycles. The summed E-state index contributed by atoms with van der Waals surface area (Å²) in [5, 5.41) is 3.66. The zero-order valence-corrected chi connectivity index (χ0v) is 8.88. The Labute approximate surface area is 92.4 Å². The van der Waals surface area contributed by atoms with Crippen LogP contribution < -0.4 is 10.5 Å². The van der Waals surface area contributed by atoms with Crippen LogP contribution in [-0.4, -0.2) is 15.1 Å². The van der Waals surface area contributed by atoms with Crippen LogP contribution in [0.1, 0.15) is 17.4 Å². The Bertz CT molecular complexity index is 452. The van der Waals surface area contributed by atoms with E-state index in [1.807, 2.05) is 6.07 Å². The van der Waals surface area contributed by atoms with E-state index in [9.17, 15) is 0 Å². The van der Waals surface area contributed by atoms with Gasteiger partial charge in [-0.15, -0.1) is 0 Å². The molecular formula is C10H12N4O2. The highest BCUT2D eigenvalue weighted by molar-refractivity contribution is 5.19. The summed E-state index contributed by atoms with van der Waals surface area (Å²) < 4.78 is 10.3. The number of aromatic nitrogens is 3. The Kier molecular flexibility index (Phi) is 3.11. The van der Waals surface area contributed by atoms with Gasteiger partial charge < -0.3 is 15.0 Å². The van der Waals surface area contributed by atoms with Crippen molar-refractivity contribution in [3.05, 3.63) is 35.7 Å². The molecule has 6 heteroatoms. The van der Waals surface area contributed by atoms with Gasteiger partial charge >= 0.3 is 0 Å². The monoisotopic (exact) mass is 220 g/mol. The molecule has 0 bridgehead atoms. The first kappa shape index (κ1) is 10.6. The molecule has 6 nitrogen and oxygen atoms in total. The Morgan fingerprint density at radius 2 is 2.31 bits per heavy atom. The van der Waals surface area contributed by atoms with Crippen molar-refractivity contribution in [2.45, 2.75) is 20.1 Å². The summed E-state index contributed by atoms with van der Waals surface area (Å²) >= 11 is 0. The molecule has 0 aromatic carbocycles.